The fraction of sp³-hybridized carbons (Fsp3) is 0. The number of aromatic nitrogens is 10. The molecule has 0 spiro atoms. The van der Waals surface area contributed by atoms with Crippen LogP contribution in [0.1, 0.15) is 17.1 Å². The van der Waals surface area contributed by atoms with E-state index in [9.17, 15) is 15.8 Å². The Hall–Kier alpha value is -17.5. The van der Waals surface area contributed by atoms with Gasteiger partial charge in [0.2, 0.25) is 11.0 Å². The van der Waals surface area contributed by atoms with Crippen LogP contribution < -0.4 is 9.80 Å². The number of nitriles is 3. The van der Waals surface area contributed by atoms with E-state index in [0.717, 1.165) is 79.2 Å². The summed E-state index contributed by atoms with van der Waals surface area (Å²) >= 11 is 0. The van der Waals surface area contributed by atoms with Crippen LogP contribution in [0.25, 0.3) is 158 Å². The quantitative estimate of drug-likeness (QED) is 0.0507. The minimum absolute atomic E-state index is 0.000622. The van der Waals surface area contributed by atoms with Crippen molar-refractivity contribution in [3.05, 3.63) is 392 Å². The van der Waals surface area contributed by atoms with Gasteiger partial charge in [-0.05, 0) is 184 Å². The molecule has 0 atom stereocenters. The third-order valence-corrected chi connectivity index (χ3v) is 20.5. The molecule has 560 valence electrons. The smallest absolute Gasteiger partial charge is 0.307 e. The molecule has 21 heteroatoms. The van der Waals surface area contributed by atoms with Gasteiger partial charge in [-0.25, -0.2) is 15.0 Å². The fourth-order valence-electron chi connectivity index (χ4n) is 14.9. The van der Waals surface area contributed by atoms with E-state index < -0.39 is 0 Å². The van der Waals surface area contributed by atoms with Crippen molar-refractivity contribution in [2.75, 3.05) is 9.80 Å². The summed E-state index contributed by atoms with van der Waals surface area (Å²) in [6.07, 6.45) is 7.47. The van der Waals surface area contributed by atoms with Crippen molar-refractivity contribution in [3.63, 3.8) is 0 Å². The van der Waals surface area contributed by atoms with Crippen molar-refractivity contribution >= 4 is 156 Å². The van der Waals surface area contributed by atoms with Gasteiger partial charge in [-0.1, -0.05) is 226 Å². The summed E-state index contributed by atoms with van der Waals surface area (Å²) in [7, 11) is 6.97. The average molecular weight is 1570 g/mol. The highest BCUT2D eigenvalue weighted by atomic mass is 31.0. The van der Waals surface area contributed by atoms with Gasteiger partial charge in [0.25, 0.3) is 25.1 Å². The lowest BCUT2D eigenvalue weighted by Crippen LogP contribution is -2.10. The van der Waals surface area contributed by atoms with Gasteiger partial charge >= 0.3 is 5.82 Å². The van der Waals surface area contributed by atoms with Crippen LogP contribution in [0.3, 0.4) is 0 Å². The molecule has 7 aromatic heterocycles. The van der Waals surface area contributed by atoms with Crippen LogP contribution in [0, 0.1) is 53.7 Å². The summed E-state index contributed by atoms with van der Waals surface area (Å²) in [5.41, 5.74) is 16.3. The van der Waals surface area contributed by atoms with Gasteiger partial charge in [-0.15, -0.1) is 15.0 Å². The second kappa shape index (κ2) is 34.3. The lowest BCUT2D eigenvalue weighted by molar-refractivity contribution is 1.19. The third-order valence-electron chi connectivity index (χ3n) is 20.5. The first-order valence-corrected chi connectivity index (χ1v) is 38.3. The lowest BCUT2D eigenvalue weighted by Gasteiger charge is -2.27. The fourth-order valence-corrected chi connectivity index (χ4v) is 14.9. The maximum Gasteiger partial charge on any atom is 0.307 e. The number of fused-ring (bicyclic) bond motifs is 14. The predicted molar refractivity (Wildman–Crippen MR) is 483 cm³/mol. The zero-order valence-corrected chi connectivity index (χ0v) is 64.9. The molecule has 0 aliphatic heterocycles. The first kappa shape index (κ1) is 76.1. The second-order valence-electron chi connectivity index (χ2n) is 27.4. The molecule has 0 N–H and O–H groups in total. The maximum absolute atomic E-state index is 9.30. The highest BCUT2D eigenvalue weighted by molar-refractivity contribution is 7.05. The first-order chi connectivity index (χ1) is 59.7. The van der Waals surface area contributed by atoms with Gasteiger partial charge in [0.15, 0.2) is 17.1 Å². The Bertz CT molecular complexity index is 6970. The van der Waals surface area contributed by atoms with Crippen LogP contribution in [0.4, 0.5) is 51.6 Å². The van der Waals surface area contributed by atoms with Crippen molar-refractivity contribution in [1.82, 2.24) is 49.8 Å². The van der Waals surface area contributed by atoms with E-state index in [4.69, 9.17) is 29.7 Å². The normalized spacial score (nSPS) is 10.7. The number of para-hydroxylation sites is 2. The van der Waals surface area contributed by atoms with E-state index in [-0.39, 0.29) is 67.6 Å². The molecule has 0 bridgehead atoms. The molecule has 0 aliphatic carbocycles. The number of hydrogen-bond acceptors (Lipinski definition) is 16. The van der Waals surface area contributed by atoms with Crippen LogP contribution in [0.2, 0.25) is 0 Å². The lowest BCUT2D eigenvalue weighted by atomic mass is 9.90. The summed E-state index contributed by atoms with van der Waals surface area (Å²) in [6, 6.07) is 117. The van der Waals surface area contributed by atoms with Crippen LogP contribution in [0.5, 0.6) is 0 Å². The largest absolute Gasteiger partial charge is 0.370 e. The number of hydrogen-bond donors (Lipinski definition) is 0. The summed E-state index contributed by atoms with van der Waals surface area (Å²) < 4.78 is 2.81. The minimum atomic E-state index is -0.298. The van der Waals surface area contributed by atoms with Crippen molar-refractivity contribution in [1.29, 1.82) is 15.8 Å². The number of rotatable bonds is 11. The molecule has 13 aromatic carbocycles. The average Bonchev–Trinajstić information content (AvgIpc) is 0.721. The Balaban J connectivity index is 0.000000130. The zero-order chi connectivity index (χ0) is 82.7. The van der Waals surface area contributed by atoms with E-state index in [1.165, 1.54) is 65.0 Å². The van der Waals surface area contributed by atoms with Crippen LogP contribution in [0.15, 0.2) is 345 Å². The van der Waals surface area contributed by atoms with Crippen LogP contribution in [-0.4, -0.2) is 57.8 Å². The van der Waals surface area contributed by atoms with E-state index in [0.29, 0.717) is 0 Å². The molecule has 20 aromatic rings. The number of benzene rings is 13. The molecule has 0 aliphatic rings. The monoisotopic (exact) mass is 1570 g/mol. The molecule has 0 fully saturated rings. The standard InChI is InChI=1S/C44H32N2.C38H24N4.C18N12.BHNP/c1-3-17-37(18-4-1)45(43-23-11-15-35-13-7-9-21-41(35)43)39-29-25-33(26-30-39)34-27-31-40(32-28-34)46(38-19-5-2-6-20-38)44-24-12-16-36-14-8-10-22-42(36)44;1-2-8-30-29(7-1)33-21-25(27-13-17-37(41-23-27)35-9-3-5-19-39-35)11-15-31(33)32-16-12-26(22-34(30)32)28-14-18-38(42-24-28)36-10-4-6-20-40-36;1-22-16-9(6-21)27-12-10-11(26-8(5-20)7(4-19)25-10)14-15(13(12)28-16)30-18(24-3)17(23-2)29-14;1-2-3/h1-32H;1-24H;;3H. The third kappa shape index (κ3) is 15.1. The van der Waals surface area contributed by atoms with Gasteiger partial charge in [0, 0.05) is 69.4 Å². The molecule has 0 unspecified atom stereocenters. The molecule has 121 heavy (non-hydrogen) atoms. The van der Waals surface area contributed by atoms with Crippen LogP contribution in [-0.2, 0) is 0 Å². The van der Waals surface area contributed by atoms with E-state index in [2.05, 4.69) is 353 Å². The highest BCUT2D eigenvalue weighted by Gasteiger charge is 2.29. The van der Waals surface area contributed by atoms with Crippen molar-refractivity contribution in [2.24, 2.45) is 4.66 Å². The zero-order valence-electron chi connectivity index (χ0n) is 63.9. The summed E-state index contributed by atoms with van der Waals surface area (Å²) in [6.45, 7) is 21.7. The molecule has 20 rings (SSSR count). The molecular formula is C100H57BN19P. The topological polar surface area (TPSA) is 232 Å². The van der Waals surface area contributed by atoms with E-state index in [1.807, 2.05) is 60.9 Å². The molecule has 0 saturated heterocycles. The Labute approximate surface area is 697 Å². The molecule has 0 saturated carbocycles. The Morgan fingerprint density at radius 1 is 0.289 bits per heavy atom. The molecule has 7 heterocycles. The maximum atomic E-state index is 9.30. The van der Waals surface area contributed by atoms with Crippen molar-refractivity contribution < 1.29 is 0 Å². The van der Waals surface area contributed by atoms with Crippen molar-refractivity contribution in [2.45, 2.75) is 0 Å². The number of anilines is 6. The van der Waals surface area contributed by atoms with Crippen molar-refractivity contribution in [3.8, 4) is 74.4 Å². The van der Waals surface area contributed by atoms with Gasteiger partial charge in [-0.3, -0.25) is 19.9 Å². The van der Waals surface area contributed by atoms with Gasteiger partial charge in [-0.2, -0.15) is 15.8 Å². The predicted octanol–water partition coefficient (Wildman–Crippen LogP) is 25.2. The number of pyridine rings is 4. The SMILES string of the molecule is [B]N=P.[C-]#[N+]c1nc2c(nc1C#N)c1nc(C#N)c(C#N)nc1c1nc([N+]#[C-])c([N+]#[C-])nc21.c1ccc(-c2ccc(-c3ccc4c5ccc(-c6ccc(-c7ccccn7)nc6)cc5c5ccccc5c4c3)cn2)nc1.c1ccc(N(c2ccc(-c3ccc(N(c4ccccc4)c4cccc5ccccc45)cc3)cc2)c2cccc3ccccc23)cc1. The molecular weight excluding hydrogens is 1510 g/mol. The Kier molecular flexibility index (Phi) is 21.6. The van der Waals surface area contributed by atoms with Crippen LogP contribution >= 0.6 is 9.03 Å². The molecule has 0 amide bonds. The molecule has 2 radical (unpaired) electrons. The van der Waals surface area contributed by atoms with E-state index >= 15 is 0 Å². The first-order valence-electron chi connectivity index (χ1n) is 37.8. The molecule has 19 nitrogen and oxygen atoms in total. The summed E-state index contributed by atoms with van der Waals surface area (Å²) in [5.74, 6) is -0.890. The summed E-state index contributed by atoms with van der Waals surface area (Å²) in [4.78, 5) is 57.3. The van der Waals surface area contributed by atoms with E-state index in [1.54, 1.807) is 30.6 Å². The number of nitrogens with zero attached hydrogens (tertiary/aromatic N) is 19. The second-order valence-corrected chi connectivity index (χ2v) is 27.6. The highest BCUT2D eigenvalue weighted by Crippen LogP contribution is 2.45. The minimum Gasteiger partial charge on any atom is -0.370 e. The van der Waals surface area contributed by atoms with Gasteiger partial charge < -0.3 is 29.0 Å². The Morgan fingerprint density at radius 3 is 0.975 bits per heavy atom. The Morgan fingerprint density at radius 2 is 0.603 bits per heavy atom. The summed E-state index contributed by atoms with van der Waals surface area (Å²) in [5, 5.41) is 40.2. The van der Waals surface area contributed by atoms with Gasteiger partial charge in [0.1, 0.15) is 34.8 Å². The van der Waals surface area contributed by atoms with Gasteiger partial charge in [0.05, 0.1) is 34.2 Å².